The molecule has 2 N–H and O–H groups in total. The molecule has 4 nitrogen and oxygen atoms in total. The summed E-state index contributed by atoms with van der Waals surface area (Å²) in [4.78, 5) is 12.1. The van der Waals surface area contributed by atoms with Gasteiger partial charge < -0.3 is 14.9 Å². The fourth-order valence-corrected chi connectivity index (χ4v) is 5.64. The summed E-state index contributed by atoms with van der Waals surface area (Å²) in [6.07, 6.45) is 28.6. The van der Waals surface area contributed by atoms with Gasteiger partial charge in [-0.1, -0.05) is 162 Å². The largest absolute Gasteiger partial charge is 0.405 e. The number of allylic oxidation sites excluding steroid dienone is 1. The van der Waals surface area contributed by atoms with Crippen molar-refractivity contribution in [2.45, 2.75) is 195 Å². The van der Waals surface area contributed by atoms with E-state index in [0.29, 0.717) is 5.92 Å². The normalized spacial score (nSPS) is 14.1. The van der Waals surface area contributed by atoms with Gasteiger partial charge in [0, 0.05) is 12.5 Å². The van der Waals surface area contributed by atoms with Gasteiger partial charge in [-0.15, -0.1) is 0 Å². The molecule has 0 saturated carbocycles. The quantitative estimate of drug-likeness (QED) is 0.0428. The van der Waals surface area contributed by atoms with Crippen LogP contribution in [0.25, 0.3) is 0 Å². The van der Waals surface area contributed by atoms with E-state index in [4.69, 9.17) is 4.74 Å². The Kier molecular flexibility index (Phi) is 25.2. The van der Waals surface area contributed by atoms with E-state index >= 15 is 0 Å². The lowest BCUT2D eigenvalue weighted by atomic mass is 9.91. The highest BCUT2D eigenvalue weighted by Crippen LogP contribution is 2.23. The fraction of sp³-hybridized carbons (Fsp3) is 0.917. The summed E-state index contributed by atoms with van der Waals surface area (Å²) in [7, 11) is 0. The van der Waals surface area contributed by atoms with E-state index < -0.39 is 11.9 Å². The van der Waals surface area contributed by atoms with Crippen molar-refractivity contribution in [3.05, 3.63) is 11.6 Å². The Balaban J connectivity index is 3.85. The van der Waals surface area contributed by atoms with Gasteiger partial charge in [0.1, 0.15) is 0 Å². The molecule has 0 aliphatic carbocycles. The molecule has 0 aromatic carbocycles. The lowest BCUT2D eigenvalue weighted by Crippen LogP contribution is -2.32. The number of hydrogen-bond acceptors (Lipinski definition) is 4. The summed E-state index contributed by atoms with van der Waals surface area (Å²) in [6, 6.07) is 0. The van der Waals surface area contributed by atoms with Gasteiger partial charge in [0.2, 0.25) is 0 Å². The first-order chi connectivity index (χ1) is 19.1. The van der Waals surface area contributed by atoms with Gasteiger partial charge in [0.05, 0.1) is 0 Å². The smallest absolute Gasteiger partial charge is 0.346 e. The molecule has 0 radical (unpaired) electrons. The minimum atomic E-state index is -2.50. The van der Waals surface area contributed by atoms with Crippen LogP contribution in [0.4, 0.5) is 0 Å². The summed E-state index contributed by atoms with van der Waals surface area (Å²) in [5.74, 6) is -0.723. The number of ether oxygens (including phenoxy) is 1. The molecule has 0 aliphatic heterocycles. The minimum absolute atomic E-state index is 0.237. The number of unbranched alkanes of at least 4 members (excludes halogenated alkanes) is 12. The molecular weight excluding hydrogens is 496 g/mol. The van der Waals surface area contributed by atoms with Crippen LogP contribution in [0.5, 0.6) is 0 Å². The molecule has 0 aromatic heterocycles. The van der Waals surface area contributed by atoms with Crippen LogP contribution in [0.3, 0.4) is 0 Å². The van der Waals surface area contributed by atoms with Crippen LogP contribution in [0.15, 0.2) is 11.6 Å². The van der Waals surface area contributed by atoms with Gasteiger partial charge in [-0.05, 0) is 43.9 Å². The van der Waals surface area contributed by atoms with Crippen LogP contribution in [0, 0.1) is 17.8 Å². The Morgan fingerprint density at radius 2 is 1.05 bits per heavy atom. The molecule has 0 saturated heterocycles. The number of hydrogen-bond donors (Lipinski definition) is 2. The number of aliphatic hydroxyl groups is 2. The zero-order valence-electron chi connectivity index (χ0n) is 27.8. The second-order valence-corrected chi connectivity index (χ2v) is 13.5. The van der Waals surface area contributed by atoms with E-state index in [-0.39, 0.29) is 6.42 Å². The summed E-state index contributed by atoms with van der Waals surface area (Å²) in [5.41, 5.74) is 0.852. The molecule has 0 spiro atoms. The van der Waals surface area contributed by atoms with Crippen LogP contribution in [-0.2, 0) is 9.53 Å². The molecule has 0 bridgehead atoms. The summed E-state index contributed by atoms with van der Waals surface area (Å²) >= 11 is 0. The SMILES string of the molecule is CCCCCCCCCCCCCCCC(=O)OC(O)(O)/C=C(\C)CCC[C@H](C)CCC[C@H](C)CCCC(C)C. The Bertz CT molecular complexity index is 610. The Morgan fingerprint density at radius 1 is 0.625 bits per heavy atom. The van der Waals surface area contributed by atoms with Gasteiger partial charge in [-0.25, -0.2) is 0 Å². The molecule has 238 valence electrons. The van der Waals surface area contributed by atoms with Gasteiger partial charge in [0.25, 0.3) is 0 Å². The molecule has 0 aromatic rings. The number of esters is 1. The molecule has 40 heavy (non-hydrogen) atoms. The molecule has 0 fully saturated rings. The van der Waals surface area contributed by atoms with Crippen LogP contribution in [0.2, 0.25) is 0 Å². The van der Waals surface area contributed by atoms with E-state index in [1.165, 1.54) is 109 Å². The van der Waals surface area contributed by atoms with Gasteiger partial charge in [-0.2, -0.15) is 0 Å². The first-order valence-electron chi connectivity index (χ1n) is 17.4. The number of carbonyl (C=O) groups excluding carboxylic acids is 1. The van der Waals surface area contributed by atoms with Crippen molar-refractivity contribution < 1.29 is 19.7 Å². The molecule has 0 rings (SSSR count). The summed E-state index contributed by atoms with van der Waals surface area (Å²) in [6.45, 7) is 13.5. The van der Waals surface area contributed by atoms with Gasteiger partial charge in [0.15, 0.2) is 0 Å². The summed E-state index contributed by atoms with van der Waals surface area (Å²) < 4.78 is 4.96. The van der Waals surface area contributed by atoms with Crippen LogP contribution >= 0.6 is 0 Å². The second kappa shape index (κ2) is 25.8. The zero-order chi connectivity index (χ0) is 30.1. The van der Waals surface area contributed by atoms with Crippen molar-refractivity contribution in [2.24, 2.45) is 17.8 Å². The lowest BCUT2D eigenvalue weighted by Gasteiger charge is -2.19. The second-order valence-electron chi connectivity index (χ2n) is 13.5. The topological polar surface area (TPSA) is 66.8 Å². The third-order valence-corrected chi connectivity index (χ3v) is 8.32. The van der Waals surface area contributed by atoms with E-state index in [1.807, 2.05) is 6.92 Å². The molecule has 0 aliphatic rings. The van der Waals surface area contributed by atoms with E-state index in [9.17, 15) is 15.0 Å². The van der Waals surface area contributed by atoms with Crippen LogP contribution in [0.1, 0.15) is 189 Å². The Labute approximate surface area is 250 Å². The summed E-state index contributed by atoms with van der Waals surface area (Å²) in [5, 5.41) is 20.3. The average Bonchev–Trinajstić information content (AvgIpc) is 2.86. The van der Waals surface area contributed by atoms with Crippen molar-refractivity contribution in [1.29, 1.82) is 0 Å². The highest BCUT2D eigenvalue weighted by molar-refractivity contribution is 5.69. The van der Waals surface area contributed by atoms with Crippen molar-refractivity contribution >= 4 is 5.97 Å². The predicted octanol–water partition coefficient (Wildman–Crippen LogP) is 11.0. The maximum atomic E-state index is 12.1. The van der Waals surface area contributed by atoms with E-state index in [0.717, 1.165) is 55.9 Å². The molecule has 0 unspecified atom stereocenters. The van der Waals surface area contributed by atoms with Gasteiger partial charge >= 0.3 is 11.9 Å². The standard InChI is InChI=1S/C36H70O4/c1-7-8-9-10-11-12-13-14-15-16-17-18-19-29-35(37)40-36(38,39)30-34(6)28-22-27-33(5)26-21-25-32(4)24-20-23-31(2)3/h30-33,38-39H,7-29H2,1-6H3/b34-30+/t32-,33-/m1/s1. The minimum Gasteiger partial charge on any atom is -0.405 e. The highest BCUT2D eigenvalue weighted by Gasteiger charge is 2.25. The molecule has 2 atom stereocenters. The van der Waals surface area contributed by atoms with Crippen LogP contribution in [-0.4, -0.2) is 22.2 Å². The maximum Gasteiger partial charge on any atom is 0.346 e. The molecule has 0 amide bonds. The predicted molar refractivity (Wildman–Crippen MR) is 172 cm³/mol. The zero-order valence-corrected chi connectivity index (χ0v) is 27.8. The van der Waals surface area contributed by atoms with Crippen molar-refractivity contribution in [3.8, 4) is 0 Å². The monoisotopic (exact) mass is 567 g/mol. The van der Waals surface area contributed by atoms with Crippen molar-refractivity contribution in [3.63, 3.8) is 0 Å². The number of carbonyl (C=O) groups is 1. The van der Waals surface area contributed by atoms with E-state index in [1.54, 1.807) is 0 Å². The Hall–Kier alpha value is -0.870. The highest BCUT2D eigenvalue weighted by atomic mass is 16.8. The van der Waals surface area contributed by atoms with E-state index in [2.05, 4.69) is 34.6 Å². The lowest BCUT2D eigenvalue weighted by molar-refractivity contribution is -0.287. The first-order valence-corrected chi connectivity index (χ1v) is 17.4. The van der Waals surface area contributed by atoms with Crippen molar-refractivity contribution in [2.75, 3.05) is 0 Å². The number of rotatable bonds is 28. The first kappa shape index (κ1) is 39.1. The van der Waals surface area contributed by atoms with Crippen molar-refractivity contribution in [1.82, 2.24) is 0 Å². The molecular formula is C36H70O4. The third-order valence-electron chi connectivity index (χ3n) is 8.32. The molecule has 0 heterocycles. The van der Waals surface area contributed by atoms with Gasteiger partial charge in [-0.3, -0.25) is 4.79 Å². The fourth-order valence-electron chi connectivity index (χ4n) is 5.64. The Morgan fingerprint density at radius 3 is 1.52 bits per heavy atom. The average molecular weight is 567 g/mol. The maximum absolute atomic E-state index is 12.1. The van der Waals surface area contributed by atoms with Crippen LogP contribution < -0.4 is 0 Å². The third kappa shape index (κ3) is 27.3. The molecule has 4 heteroatoms.